The van der Waals surface area contributed by atoms with Crippen LogP contribution in [0.4, 0.5) is 13.2 Å². The van der Waals surface area contributed by atoms with Crippen LogP contribution in [0.1, 0.15) is 27.3 Å². The maximum absolute atomic E-state index is 12.8. The molecule has 2 heterocycles. The van der Waals surface area contributed by atoms with E-state index in [9.17, 15) is 18.0 Å². The number of aromatic nitrogens is 3. The lowest BCUT2D eigenvalue weighted by Gasteiger charge is -2.10. The number of pyridine rings is 1. The molecule has 0 bridgehead atoms. The van der Waals surface area contributed by atoms with Gasteiger partial charge in [0.1, 0.15) is 5.69 Å². The maximum Gasteiger partial charge on any atom is 0.417 e. The van der Waals surface area contributed by atoms with E-state index >= 15 is 0 Å². The molecular formula is C12H8F3N3O. The summed E-state index contributed by atoms with van der Waals surface area (Å²) in [4.78, 5) is 23.1. The third-order valence-corrected chi connectivity index (χ3v) is 2.38. The standard InChI is InChI=1S/C12H8F3N3O/c1-7-4-18-10(6-17-7)11(19)8-5-16-3-2-9(8)12(13,14)15/h2-6H,1H3. The Labute approximate surface area is 106 Å². The molecule has 0 aliphatic heterocycles. The van der Waals surface area contributed by atoms with Crippen LogP contribution in [0.25, 0.3) is 0 Å². The van der Waals surface area contributed by atoms with Gasteiger partial charge in [-0.05, 0) is 13.0 Å². The highest BCUT2D eigenvalue weighted by Gasteiger charge is 2.35. The van der Waals surface area contributed by atoms with E-state index in [2.05, 4.69) is 15.0 Å². The van der Waals surface area contributed by atoms with E-state index in [-0.39, 0.29) is 5.69 Å². The molecule has 0 aromatic carbocycles. The van der Waals surface area contributed by atoms with Crippen molar-refractivity contribution >= 4 is 5.78 Å². The number of carbonyl (C=O) groups excluding carboxylic acids is 1. The molecule has 0 aliphatic rings. The van der Waals surface area contributed by atoms with Crippen LogP contribution in [0.15, 0.2) is 30.9 Å². The lowest BCUT2D eigenvalue weighted by molar-refractivity contribution is -0.137. The lowest BCUT2D eigenvalue weighted by Crippen LogP contribution is -2.15. The van der Waals surface area contributed by atoms with Crippen molar-refractivity contribution in [2.45, 2.75) is 13.1 Å². The van der Waals surface area contributed by atoms with Crippen LogP contribution >= 0.6 is 0 Å². The second-order valence-corrected chi connectivity index (χ2v) is 3.79. The first-order chi connectivity index (χ1) is 8.89. The van der Waals surface area contributed by atoms with Crippen LogP contribution in [0.3, 0.4) is 0 Å². The number of rotatable bonds is 2. The first kappa shape index (κ1) is 13.1. The average molecular weight is 267 g/mol. The van der Waals surface area contributed by atoms with E-state index in [4.69, 9.17) is 0 Å². The zero-order valence-corrected chi connectivity index (χ0v) is 9.77. The second-order valence-electron chi connectivity index (χ2n) is 3.79. The van der Waals surface area contributed by atoms with E-state index in [1.807, 2.05) is 0 Å². The van der Waals surface area contributed by atoms with Gasteiger partial charge in [0, 0.05) is 18.6 Å². The Kier molecular flexibility index (Phi) is 3.28. The van der Waals surface area contributed by atoms with Gasteiger partial charge in [-0.2, -0.15) is 13.2 Å². The fourth-order valence-corrected chi connectivity index (χ4v) is 1.47. The number of aryl methyl sites for hydroxylation is 1. The molecule has 0 aliphatic carbocycles. The average Bonchev–Trinajstić information content (AvgIpc) is 2.38. The molecule has 0 fully saturated rings. The van der Waals surface area contributed by atoms with Gasteiger partial charge in [0.05, 0.1) is 23.0 Å². The molecule has 0 spiro atoms. The SMILES string of the molecule is Cc1cnc(C(=O)c2cnccc2C(F)(F)F)cn1. The van der Waals surface area contributed by atoms with E-state index in [0.29, 0.717) is 5.69 Å². The lowest BCUT2D eigenvalue weighted by atomic mass is 10.0. The van der Waals surface area contributed by atoms with Crippen molar-refractivity contribution in [1.82, 2.24) is 15.0 Å². The molecule has 0 amide bonds. The summed E-state index contributed by atoms with van der Waals surface area (Å²) in [5, 5.41) is 0. The van der Waals surface area contributed by atoms with Gasteiger partial charge < -0.3 is 0 Å². The quantitative estimate of drug-likeness (QED) is 0.784. The minimum atomic E-state index is -4.62. The summed E-state index contributed by atoms with van der Waals surface area (Å²) in [7, 11) is 0. The van der Waals surface area contributed by atoms with Gasteiger partial charge >= 0.3 is 6.18 Å². The predicted octanol–water partition coefficient (Wildman–Crippen LogP) is 2.43. The van der Waals surface area contributed by atoms with E-state index in [1.165, 1.54) is 6.20 Å². The molecule has 7 heteroatoms. The number of halogens is 3. The highest BCUT2D eigenvalue weighted by atomic mass is 19.4. The van der Waals surface area contributed by atoms with Crippen LogP contribution in [-0.2, 0) is 6.18 Å². The zero-order valence-electron chi connectivity index (χ0n) is 9.77. The fraction of sp³-hybridized carbons (Fsp3) is 0.167. The first-order valence-electron chi connectivity index (χ1n) is 5.24. The zero-order chi connectivity index (χ0) is 14.0. The molecule has 0 atom stereocenters. The minimum Gasteiger partial charge on any atom is -0.287 e. The summed E-state index contributed by atoms with van der Waals surface area (Å²) in [6.45, 7) is 1.66. The van der Waals surface area contributed by atoms with Crippen LogP contribution < -0.4 is 0 Å². The molecule has 98 valence electrons. The van der Waals surface area contributed by atoms with Crippen molar-refractivity contribution < 1.29 is 18.0 Å². The van der Waals surface area contributed by atoms with Gasteiger partial charge in [0.15, 0.2) is 0 Å². The summed E-state index contributed by atoms with van der Waals surface area (Å²) in [5.74, 6) is -0.854. The summed E-state index contributed by atoms with van der Waals surface area (Å²) < 4.78 is 38.3. The number of nitrogens with zero attached hydrogens (tertiary/aromatic N) is 3. The summed E-state index contributed by atoms with van der Waals surface area (Å²) in [5.41, 5.74) is -1.15. The number of hydrogen-bond donors (Lipinski definition) is 0. The molecular weight excluding hydrogens is 259 g/mol. The molecule has 19 heavy (non-hydrogen) atoms. The van der Waals surface area contributed by atoms with Crippen LogP contribution in [0, 0.1) is 6.92 Å². The number of alkyl halides is 3. The normalized spacial score (nSPS) is 11.4. The van der Waals surface area contributed by atoms with Crippen LogP contribution in [0.5, 0.6) is 0 Å². The Morgan fingerprint density at radius 2 is 1.89 bits per heavy atom. The predicted molar refractivity (Wildman–Crippen MR) is 59.4 cm³/mol. The highest BCUT2D eigenvalue weighted by molar-refractivity contribution is 6.08. The number of ketones is 1. The Balaban J connectivity index is 2.48. The topological polar surface area (TPSA) is 55.7 Å². The Hall–Kier alpha value is -2.31. The second kappa shape index (κ2) is 4.75. The van der Waals surface area contributed by atoms with Crippen molar-refractivity contribution in [3.05, 3.63) is 53.4 Å². The van der Waals surface area contributed by atoms with Gasteiger partial charge in [-0.1, -0.05) is 0 Å². The Morgan fingerprint density at radius 1 is 1.16 bits per heavy atom. The third-order valence-electron chi connectivity index (χ3n) is 2.38. The smallest absolute Gasteiger partial charge is 0.287 e. The Bertz CT molecular complexity index is 608. The molecule has 0 N–H and O–H groups in total. The van der Waals surface area contributed by atoms with Gasteiger partial charge in [0.25, 0.3) is 0 Å². The van der Waals surface area contributed by atoms with Crippen LogP contribution in [0.2, 0.25) is 0 Å². The number of carbonyl (C=O) groups is 1. The van der Waals surface area contributed by atoms with Crippen molar-refractivity contribution in [2.75, 3.05) is 0 Å². The van der Waals surface area contributed by atoms with E-state index < -0.39 is 23.1 Å². The fourth-order valence-electron chi connectivity index (χ4n) is 1.47. The largest absolute Gasteiger partial charge is 0.417 e. The minimum absolute atomic E-state index is 0.149. The molecule has 0 unspecified atom stereocenters. The van der Waals surface area contributed by atoms with Crippen molar-refractivity contribution in [3.63, 3.8) is 0 Å². The van der Waals surface area contributed by atoms with E-state index in [0.717, 1.165) is 24.7 Å². The highest BCUT2D eigenvalue weighted by Crippen LogP contribution is 2.32. The van der Waals surface area contributed by atoms with Gasteiger partial charge in [-0.25, -0.2) is 4.98 Å². The van der Waals surface area contributed by atoms with Crippen molar-refractivity contribution in [1.29, 1.82) is 0 Å². The van der Waals surface area contributed by atoms with Crippen LogP contribution in [-0.4, -0.2) is 20.7 Å². The van der Waals surface area contributed by atoms with E-state index in [1.54, 1.807) is 6.92 Å². The number of hydrogen-bond acceptors (Lipinski definition) is 4. The monoisotopic (exact) mass is 267 g/mol. The molecule has 0 radical (unpaired) electrons. The summed E-state index contributed by atoms with van der Waals surface area (Å²) in [6, 6.07) is 0.759. The molecule has 2 aromatic heterocycles. The molecule has 2 rings (SSSR count). The third kappa shape index (κ3) is 2.75. The maximum atomic E-state index is 12.8. The molecule has 2 aromatic rings. The van der Waals surface area contributed by atoms with Crippen molar-refractivity contribution in [3.8, 4) is 0 Å². The summed E-state index contributed by atoms with van der Waals surface area (Å²) >= 11 is 0. The first-order valence-corrected chi connectivity index (χ1v) is 5.24. The molecule has 0 saturated carbocycles. The molecule has 0 saturated heterocycles. The van der Waals surface area contributed by atoms with Gasteiger partial charge in [-0.3, -0.25) is 14.8 Å². The summed E-state index contributed by atoms with van der Waals surface area (Å²) in [6.07, 6.45) is -0.291. The van der Waals surface area contributed by atoms with Crippen molar-refractivity contribution in [2.24, 2.45) is 0 Å². The Morgan fingerprint density at radius 3 is 2.47 bits per heavy atom. The molecule has 4 nitrogen and oxygen atoms in total. The van der Waals surface area contributed by atoms with Gasteiger partial charge in [-0.15, -0.1) is 0 Å². The van der Waals surface area contributed by atoms with Gasteiger partial charge in [0.2, 0.25) is 5.78 Å².